The maximum Gasteiger partial charge on any atom is 0.0585 e. The summed E-state index contributed by atoms with van der Waals surface area (Å²) in [5.41, 5.74) is 2.35. The molecule has 0 spiro atoms. The Hall–Kier alpha value is -1.52. The maximum atomic E-state index is 4.47. The van der Waals surface area contributed by atoms with Gasteiger partial charge in [0.15, 0.2) is 0 Å². The lowest BCUT2D eigenvalue weighted by Crippen LogP contribution is -1.92. The molecular formula is C18H20N2S2. The molecule has 22 heavy (non-hydrogen) atoms. The summed E-state index contributed by atoms with van der Waals surface area (Å²) in [4.78, 5) is 11.4. The molecule has 114 valence electrons. The minimum Gasteiger partial charge on any atom is -0.291 e. The van der Waals surface area contributed by atoms with Crippen LogP contribution in [0.4, 0.5) is 0 Å². The van der Waals surface area contributed by atoms with Crippen molar-refractivity contribution < 1.29 is 0 Å². The van der Waals surface area contributed by atoms with Gasteiger partial charge in [0.1, 0.15) is 0 Å². The second kappa shape index (κ2) is 9.49. The quantitative estimate of drug-likeness (QED) is 0.419. The normalized spacial score (nSPS) is 11.5. The Morgan fingerprint density at radius 3 is 1.55 bits per heavy atom. The lowest BCUT2D eigenvalue weighted by atomic mass is 10.2. The van der Waals surface area contributed by atoms with Crippen molar-refractivity contribution in [3.8, 4) is 0 Å². The van der Waals surface area contributed by atoms with Crippen molar-refractivity contribution in [2.75, 3.05) is 25.6 Å². The molecule has 0 radical (unpaired) electrons. The molecule has 0 aliphatic heterocycles. The molecule has 0 unspecified atom stereocenters. The predicted octanol–water partition coefficient (Wildman–Crippen LogP) is 4.67. The van der Waals surface area contributed by atoms with Crippen LogP contribution in [0.1, 0.15) is 11.1 Å². The summed E-state index contributed by atoms with van der Waals surface area (Å²) in [6.07, 6.45) is 8.05. The zero-order valence-electron chi connectivity index (χ0n) is 12.9. The van der Waals surface area contributed by atoms with Crippen LogP contribution in [0, 0.1) is 0 Å². The molecule has 2 aromatic rings. The first-order chi connectivity index (χ1) is 10.8. The lowest BCUT2D eigenvalue weighted by molar-refractivity contribution is 0.984. The topological polar surface area (TPSA) is 24.7 Å². The van der Waals surface area contributed by atoms with E-state index in [4.69, 9.17) is 0 Å². The summed E-state index contributed by atoms with van der Waals surface area (Å²) < 4.78 is 0. The highest BCUT2D eigenvalue weighted by atomic mass is 32.2. The van der Waals surface area contributed by atoms with Crippen molar-refractivity contribution in [1.82, 2.24) is 0 Å². The summed E-state index contributed by atoms with van der Waals surface area (Å²) in [6.45, 7) is 1.42. The minimum atomic E-state index is 0.709. The molecular weight excluding hydrogens is 308 g/mol. The highest BCUT2D eigenvalue weighted by molar-refractivity contribution is 7.98. The molecule has 0 saturated carbocycles. The number of hydrogen-bond acceptors (Lipinski definition) is 4. The number of thioether (sulfide) groups is 2. The Morgan fingerprint density at radius 2 is 1.14 bits per heavy atom. The van der Waals surface area contributed by atoms with Crippen molar-refractivity contribution >= 4 is 36.0 Å². The van der Waals surface area contributed by atoms with E-state index in [9.17, 15) is 0 Å². The molecule has 0 aromatic heterocycles. The van der Waals surface area contributed by atoms with Gasteiger partial charge < -0.3 is 0 Å². The number of aliphatic imine (C=N–C) groups is 2. The maximum absolute atomic E-state index is 4.47. The van der Waals surface area contributed by atoms with E-state index in [-0.39, 0.29) is 0 Å². The number of hydrogen-bond donors (Lipinski definition) is 0. The Morgan fingerprint density at radius 1 is 0.727 bits per heavy atom. The largest absolute Gasteiger partial charge is 0.291 e. The molecule has 2 rings (SSSR count). The molecule has 2 nitrogen and oxygen atoms in total. The highest BCUT2D eigenvalue weighted by Gasteiger charge is 1.96. The van der Waals surface area contributed by atoms with Gasteiger partial charge in [0.05, 0.1) is 13.1 Å². The number of nitrogens with zero attached hydrogens (tertiary/aromatic N) is 2. The van der Waals surface area contributed by atoms with Gasteiger partial charge in [-0.15, -0.1) is 23.5 Å². The van der Waals surface area contributed by atoms with Crippen LogP contribution in [0.2, 0.25) is 0 Å². The summed E-state index contributed by atoms with van der Waals surface area (Å²) in [6, 6.07) is 16.6. The van der Waals surface area contributed by atoms with Crippen LogP contribution < -0.4 is 0 Å². The first-order valence-electron chi connectivity index (χ1n) is 7.11. The van der Waals surface area contributed by atoms with Gasteiger partial charge in [0, 0.05) is 33.3 Å². The van der Waals surface area contributed by atoms with Crippen molar-refractivity contribution in [3.05, 3.63) is 59.7 Å². The highest BCUT2D eigenvalue weighted by Crippen LogP contribution is 2.18. The average molecular weight is 329 g/mol. The van der Waals surface area contributed by atoms with E-state index in [2.05, 4.69) is 58.9 Å². The molecule has 0 bridgehead atoms. The van der Waals surface area contributed by atoms with Gasteiger partial charge in [-0.1, -0.05) is 36.4 Å². The molecule has 0 saturated heterocycles. The van der Waals surface area contributed by atoms with Gasteiger partial charge in [-0.05, 0) is 24.6 Å². The zero-order chi connectivity index (χ0) is 15.6. The molecule has 4 heteroatoms. The first-order valence-corrected chi connectivity index (χ1v) is 9.56. The van der Waals surface area contributed by atoms with Crippen LogP contribution in [0.3, 0.4) is 0 Å². The third-order valence-corrected chi connectivity index (χ3v) is 4.72. The Balaban J connectivity index is 1.86. The second-order valence-electron chi connectivity index (χ2n) is 4.55. The van der Waals surface area contributed by atoms with E-state index in [0.717, 1.165) is 0 Å². The van der Waals surface area contributed by atoms with Crippen LogP contribution >= 0.6 is 23.5 Å². The summed E-state index contributed by atoms with van der Waals surface area (Å²) in [5.74, 6) is 0. The fourth-order valence-electron chi connectivity index (χ4n) is 1.99. The number of rotatable bonds is 7. The van der Waals surface area contributed by atoms with Gasteiger partial charge in [-0.2, -0.15) is 0 Å². The molecule has 2 aromatic carbocycles. The van der Waals surface area contributed by atoms with E-state index in [0.29, 0.717) is 13.1 Å². The van der Waals surface area contributed by atoms with Gasteiger partial charge >= 0.3 is 0 Å². The third-order valence-electron chi connectivity index (χ3n) is 3.10. The summed E-state index contributed by atoms with van der Waals surface area (Å²) >= 11 is 3.48. The molecule has 0 fully saturated rings. The van der Waals surface area contributed by atoms with E-state index in [1.54, 1.807) is 23.5 Å². The van der Waals surface area contributed by atoms with Crippen molar-refractivity contribution in [3.63, 3.8) is 0 Å². The predicted molar refractivity (Wildman–Crippen MR) is 101 cm³/mol. The Kier molecular flexibility index (Phi) is 7.26. The monoisotopic (exact) mass is 328 g/mol. The second-order valence-corrected chi connectivity index (χ2v) is 6.25. The zero-order valence-corrected chi connectivity index (χ0v) is 14.5. The van der Waals surface area contributed by atoms with Gasteiger partial charge in [0.2, 0.25) is 0 Å². The number of benzene rings is 2. The Bertz CT molecular complexity index is 594. The van der Waals surface area contributed by atoms with Crippen LogP contribution in [0.5, 0.6) is 0 Å². The SMILES string of the molecule is CSc1ccccc1/C=N/CC/N=C/c1ccccc1SC. The van der Waals surface area contributed by atoms with E-state index >= 15 is 0 Å². The first kappa shape index (κ1) is 16.8. The third kappa shape index (κ3) is 5.04. The molecule has 0 N–H and O–H groups in total. The molecule has 0 heterocycles. The van der Waals surface area contributed by atoms with Crippen molar-refractivity contribution in [2.45, 2.75) is 9.79 Å². The van der Waals surface area contributed by atoms with Gasteiger partial charge in [-0.25, -0.2) is 0 Å². The lowest BCUT2D eigenvalue weighted by Gasteiger charge is -2.01. The van der Waals surface area contributed by atoms with Crippen LogP contribution in [-0.2, 0) is 0 Å². The molecule has 0 atom stereocenters. The molecule has 0 aliphatic rings. The van der Waals surface area contributed by atoms with Gasteiger partial charge in [-0.3, -0.25) is 9.98 Å². The van der Waals surface area contributed by atoms with Gasteiger partial charge in [0.25, 0.3) is 0 Å². The smallest absolute Gasteiger partial charge is 0.0585 e. The summed E-state index contributed by atoms with van der Waals surface area (Å²) in [5, 5.41) is 0. The van der Waals surface area contributed by atoms with E-state index in [1.807, 2.05) is 24.6 Å². The molecule has 0 amide bonds. The fourth-order valence-corrected chi connectivity index (χ4v) is 3.13. The average Bonchev–Trinajstić information content (AvgIpc) is 2.58. The Labute approximate surface area is 141 Å². The minimum absolute atomic E-state index is 0.709. The van der Waals surface area contributed by atoms with E-state index < -0.39 is 0 Å². The van der Waals surface area contributed by atoms with Crippen molar-refractivity contribution in [2.24, 2.45) is 9.98 Å². The van der Waals surface area contributed by atoms with Crippen LogP contribution in [0.25, 0.3) is 0 Å². The summed E-state index contributed by atoms with van der Waals surface area (Å²) in [7, 11) is 0. The fraction of sp³-hybridized carbons (Fsp3) is 0.222. The van der Waals surface area contributed by atoms with Crippen LogP contribution in [0.15, 0.2) is 68.3 Å². The van der Waals surface area contributed by atoms with Crippen molar-refractivity contribution in [1.29, 1.82) is 0 Å². The molecule has 0 aliphatic carbocycles. The van der Waals surface area contributed by atoms with Crippen LogP contribution in [-0.4, -0.2) is 38.0 Å². The van der Waals surface area contributed by atoms with E-state index in [1.165, 1.54) is 20.9 Å². The standard InChI is InChI=1S/C18H20N2S2/c1-21-17-9-5-3-7-15(17)13-19-11-12-20-14-16-8-4-6-10-18(16)22-2/h3-10,13-14H,11-12H2,1-2H3/b19-13+,20-14+.